The van der Waals surface area contributed by atoms with Gasteiger partial charge in [-0.1, -0.05) is 37.9 Å². The Kier molecular flexibility index (Phi) is 3.90. The van der Waals surface area contributed by atoms with Crippen LogP contribution in [-0.2, 0) is 0 Å². The lowest BCUT2D eigenvalue weighted by Crippen LogP contribution is -2.18. The molecule has 2 N–H and O–H groups in total. The van der Waals surface area contributed by atoms with Crippen LogP contribution in [-0.4, -0.2) is 0 Å². The first-order chi connectivity index (χ1) is 6.56. The van der Waals surface area contributed by atoms with E-state index in [0.29, 0.717) is 5.92 Å². The molecule has 0 aliphatic heterocycles. The third kappa shape index (κ3) is 2.46. The lowest BCUT2D eigenvalue weighted by molar-refractivity contribution is 0.456. The summed E-state index contributed by atoms with van der Waals surface area (Å²) in [4.78, 5) is 0. The van der Waals surface area contributed by atoms with Crippen molar-refractivity contribution in [3.8, 4) is 0 Å². The van der Waals surface area contributed by atoms with E-state index < -0.39 is 5.82 Å². The molecule has 1 unspecified atom stereocenters. The lowest BCUT2D eigenvalue weighted by Gasteiger charge is -2.18. The summed E-state index contributed by atoms with van der Waals surface area (Å²) in [6.07, 6.45) is 0.996. The molecular weight excluding hydrogens is 201 g/mol. The fraction of sp³-hybridized carbons (Fsp3) is 0.455. The van der Waals surface area contributed by atoms with Crippen molar-refractivity contribution >= 4 is 11.6 Å². The normalized spacial score (nSPS) is 15.2. The van der Waals surface area contributed by atoms with Crippen LogP contribution >= 0.6 is 11.6 Å². The Bertz CT molecular complexity index is 314. The first-order valence-corrected chi connectivity index (χ1v) is 5.14. The molecule has 1 aromatic carbocycles. The molecule has 0 amide bonds. The Labute approximate surface area is 89.1 Å². The van der Waals surface area contributed by atoms with Crippen molar-refractivity contribution < 1.29 is 4.39 Å². The van der Waals surface area contributed by atoms with Crippen LogP contribution in [0, 0.1) is 11.7 Å². The van der Waals surface area contributed by atoms with Gasteiger partial charge in [0.05, 0.1) is 5.02 Å². The topological polar surface area (TPSA) is 26.0 Å². The standard InChI is InChI=1S/C11H15ClFN/c1-3-7(2)11(14)8-4-5-10(13)9(12)6-8/h4-7,11H,3,14H2,1-2H3/t7?,11-/m0/s1. The predicted octanol–water partition coefficient (Wildman–Crippen LogP) is 3.53. The summed E-state index contributed by atoms with van der Waals surface area (Å²) in [7, 11) is 0. The van der Waals surface area contributed by atoms with E-state index in [2.05, 4.69) is 13.8 Å². The second-order valence-electron chi connectivity index (χ2n) is 3.58. The zero-order valence-corrected chi connectivity index (χ0v) is 9.18. The van der Waals surface area contributed by atoms with Crippen molar-refractivity contribution in [2.45, 2.75) is 26.3 Å². The molecule has 0 spiro atoms. The molecule has 0 aromatic heterocycles. The molecule has 0 heterocycles. The SMILES string of the molecule is CCC(C)[C@H](N)c1ccc(F)c(Cl)c1. The van der Waals surface area contributed by atoms with E-state index in [1.165, 1.54) is 6.07 Å². The maximum absolute atomic E-state index is 12.9. The van der Waals surface area contributed by atoms with Crippen molar-refractivity contribution in [1.29, 1.82) is 0 Å². The minimum absolute atomic E-state index is 0.0712. The second kappa shape index (κ2) is 4.76. The summed E-state index contributed by atoms with van der Waals surface area (Å²) in [6.45, 7) is 4.15. The molecule has 3 heteroatoms. The summed E-state index contributed by atoms with van der Waals surface area (Å²) in [5.74, 6) is -0.0247. The number of hydrogen-bond acceptors (Lipinski definition) is 1. The van der Waals surface area contributed by atoms with Gasteiger partial charge in [0.2, 0.25) is 0 Å². The molecule has 0 fully saturated rings. The fourth-order valence-electron chi connectivity index (χ4n) is 1.30. The van der Waals surface area contributed by atoms with Crippen molar-refractivity contribution in [3.63, 3.8) is 0 Å². The van der Waals surface area contributed by atoms with Crippen molar-refractivity contribution in [3.05, 3.63) is 34.6 Å². The molecule has 1 nitrogen and oxygen atoms in total. The third-order valence-electron chi connectivity index (χ3n) is 2.59. The van der Waals surface area contributed by atoms with E-state index in [0.717, 1.165) is 12.0 Å². The van der Waals surface area contributed by atoms with Crippen molar-refractivity contribution in [1.82, 2.24) is 0 Å². The van der Waals surface area contributed by atoms with Gasteiger partial charge in [0.25, 0.3) is 0 Å². The quantitative estimate of drug-likeness (QED) is 0.820. The molecule has 0 saturated carbocycles. The van der Waals surface area contributed by atoms with E-state index >= 15 is 0 Å². The van der Waals surface area contributed by atoms with Crippen LogP contribution in [0.3, 0.4) is 0 Å². The molecule has 0 saturated heterocycles. The van der Waals surface area contributed by atoms with E-state index in [-0.39, 0.29) is 11.1 Å². The summed E-state index contributed by atoms with van der Waals surface area (Å²) < 4.78 is 12.9. The largest absolute Gasteiger partial charge is 0.324 e. The summed E-state index contributed by atoms with van der Waals surface area (Å²) in [5, 5.41) is 0.140. The Balaban J connectivity index is 2.91. The van der Waals surface area contributed by atoms with Gasteiger partial charge in [0, 0.05) is 6.04 Å². The maximum atomic E-state index is 12.9. The van der Waals surface area contributed by atoms with E-state index in [1.807, 2.05) is 0 Å². The molecular formula is C11H15ClFN. The molecule has 0 bridgehead atoms. The molecule has 0 aliphatic carbocycles. The van der Waals surface area contributed by atoms with Gasteiger partial charge in [-0.05, 0) is 23.6 Å². The summed E-state index contributed by atoms with van der Waals surface area (Å²) in [5.41, 5.74) is 6.88. The molecule has 78 valence electrons. The highest BCUT2D eigenvalue weighted by atomic mass is 35.5. The second-order valence-corrected chi connectivity index (χ2v) is 3.99. The molecule has 2 atom stereocenters. The first-order valence-electron chi connectivity index (χ1n) is 4.76. The van der Waals surface area contributed by atoms with Gasteiger partial charge in [-0.15, -0.1) is 0 Å². The van der Waals surface area contributed by atoms with Gasteiger partial charge in [0.1, 0.15) is 5.82 Å². The Morgan fingerprint density at radius 3 is 2.64 bits per heavy atom. The monoisotopic (exact) mass is 215 g/mol. The molecule has 0 aliphatic rings. The summed E-state index contributed by atoms with van der Waals surface area (Å²) in [6, 6.07) is 4.59. The van der Waals surface area contributed by atoms with Gasteiger partial charge in [-0.2, -0.15) is 0 Å². The highest BCUT2D eigenvalue weighted by molar-refractivity contribution is 6.30. The number of benzene rings is 1. The number of nitrogens with two attached hydrogens (primary N) is 1. The van der Waals surface area contributed by atoms with Crippen LogP contribution in [0.5, 0.6) is 0 Å². The van der Waals surface area contributed by atoms with Crippen LogP contribution in [0.1, 0.15) is 31.9 Å². The third-order valence-corrected chi connectivity index (χ3v) is 2.88. The zero-order chi connectivity index (χ0) is 10.7. The predicted molar refractivity (Wildman–Crippen MR) is 57.8 cm³/mol. The van der Waals surface area contributed by atoms with Crippen LogP contribution in [0.4, 0.5) is 4.39 Å². The Morgan fingerprint density at radius 2 is 2.14 bits per heavy atom. The Morgan fingerprint density at radius 1 is 1.50 bits per heavy atom. The van der Waals surface area contributed by atoms with Gasteiger partial charge in [-0.25, -0.2) is 4.39 Å². The smallest absolute Gasteiger partial charge is 0.141 e. The van der Waals surface area contributed by atoms with E-state index in [9.17, 15) is 4.39 Å². The average molecular weight is 216 g/mol. The van der Waals surface area contributed by atoms with Gasteiger partial charge in [-0.3, -0.25) is 0 Å². The van der Waals surface area contributed by atoms with Crippen LogP contribution in [0.2, 0.25) is 5.02 Å². The number of rotatable bonds is 3. The summed E-state index contributed by atoms with van der Waals surface area (Å²) >= 11 is 5.68. The van der Waals surface area contributed by atoms with E-state index in [4.69, 9.17) is 17.3 Å². The fourth-order valence-corrected chi connectivity index (χ4v) is 1.49. The molecule has 0 radical (unpaired) electrons. The first kappa shape index (κ1) is 11.5. The Hall–Kier alpha value is -0.600. The van der Waals surface area contributed by atoms with Crippen molar-refractivity contribution in [2.75, 3.05) is 0 Å². The van der Waals surface area contributed by atoms with E-state index in [1.54, 1.807) is 12.1 Å². The molecule has 1 rings (SSSR count). The molecule has 14 heavy (non-hydrogen) atoms. The minimum Gasteiger partial charge on any atom is -0.324 e. The van der Waals surface area contributed by atoms with Crippen LogP contribution in [0.25, 0.3) is 0 Å². The molecule has 1 aromatic rings. The van der Waals surface area contributed by atoms with Gasteiger partial charge < -0.3 is 5.73 Å². The average Bonchev–Trinajstić information content (AvgIpc) is 2.20. The lowest BCUT2D eigenvalue weighted by atomic mass is 9.93. The van der Waals surface area contributed by atoms with Gasteiger partial charge in [0.15, 0.2) is 0 Å². The zero-order valence-electron chi connectivity index (χ0n) is 8.43. The van der Waals surface area contributed by atoms with Gasteiger partial charge >= 0.3 is 0 Å². The minimum atomic E-state index is -0.397. The maximum Gasteiger partial charge on any atom is 0.141 e. The van der Waals surface area contributed by atoms with Crippen molar-refractivity contribution in [2.24, 2.45) is 11.7 Å². The highest BCUT2D eigenvalue weighted by Gasteiger charge is 2.14. The number of hydrogen-bond donors (Lipinski definition) is 1. The van der Waals surface area contributed by atoms with Crippen LogP contribution < -0.4 is 5.73 Å². The van der Waals surface area contributed by atoms with Crippen LogP contribution in [0.15, 0.2) is 18.2 Å². The number of halogens is 2. The highest BCUT2D eigenvalue weighted by Crippen LogP contribution is 2.25.